The van der Waals surface area contributed by atoms with Crippen molar-refractivity contribution in [2.45, 2.75) is 25.9 Å². The summed E-state index contributed by atoms with van der Waals surface area (Å²) in [7, 11) is 2.07. The van der Waals surface area contributed by atoms with Crippen molar-refractivity contribution in [2.24, 2.45) is 0 Å². The second kappa shape index (κ2) is 9.02. The Morgan fingerprint density at radius 1 is 1.45 bits per heavy atom. The van der Waals surface area contributed by atoms with E-state index in [0.29, 0.717) is 11.6 Å². The lowest BCUT2D eigenvalue weighted by molar-refractivity contribution is 0.245. The number of nitrogens with zero attached hydrogens (tertiary/aromatic N) is 1. The van der Waals surface area contributed by atoms with Gasteiger partial charge in [0.15, 0.2) is 0 Å². The van der Waals surface area contributed by atoms with Crippen LogP contribution < -0.4 is 0 Å². The summed E-state index contributed by atoms with van der Waals surface area (Å²) in [5.74, 6) is 6.24. The number of thioether (sulfide) groups is 1. The van der Waals surface area contributed by atoms with E-state index in [1.54, 1.807) is 6.07 Å². The van der Waals surface area contributed by atoms with Gasteiger partial charge in [-0.1, -0.05) is 17.9 Å². The monoisotopic (exact) mass is 295 g/mol. The van der Waals surface area contributed by atoms with E-state index in [-0.39, 0.29) is 12.4 Å². The highest BCUT2D eigenvalue weighted by atomic mass is 32.2. The first-order valence-electron chi connectivity index (χ1n) is 6.65. The molecule has 1 rings (SSSR count). The quantitative estimate of drug-likeness (QED) is 0.816. The van der Waals surface area contributed by atoms with Crippen molar-refractivity contribution in [3.05, 3.63) is 35.1 Å². The van der Waals surface area contributed by atoms with Gasteiger partial charge in [-0.25, -0.2) is 4.39 Å². The van der Waals surface area contributed by atoms with Crippen LogP contribution in [0.5, 0.6) is 0 Å². The fraction of sp³-hybridized carbons (Fsp3) is 0.500. The molecule has 1 N–H and O–H groups in total. The minimum absolute atomic E-state index is 0.212. The summed E-state index contributed by atoms with van der Waals surface area (Å²) in [6.45, 7) is 2.71. The van der Waals surface area contributed by atoms with Gasteiger partial charge in [0.1, 0.15) is 12.4 Å². The first-order chi connectivity index (χ1) is 9.58. The molecule has 0 spiro atoms. The molecule has 1 aromatic rings. The lowest BCUT2D eigenvalue weighted by Crippen LogP contribution is -2.29. The maximum absolute atomic E-state index is 13.3. The van der Waals surface area contributed by atoms with Crippen molar-refractivity contribution in [1.82, 2.24) is 4.90 Å². The molecule has 0 aliphatic rings. The summed E-state index contributed by atoms with van der Waals surface area (Å²) >= 11 is 1.84. The van der Waals surface area contributed by atoms with Crippen LogP contribution in [0.25, 0.3) is 0 Å². The number of rotatable bonds is 6. The largest absolute Gasteiger partial charge is 0.384 e. The van der Waals surface area contributed by atoms with E-state index in [1.807, 2.05) is 11.8 Å². The molecule has 0 aromatic heterocycles. The third-order valence-corrected chi connectivity index (χ3v) is 3.93. The molecular formula is C16H22FNOS. The van der Waals surface area contributed by atoms with Crippen molar-refractivity contribution < 1.29 is 9.50 Å². The third kappa shape index (κ3) is 5.54. The van der Waals surface area contributed by atoms with Crippen LogP contribution in [0.1, 0.15) is 24.5 Å². The normalized spacial score (nSPS) is 12.1. The van der Waals surface area contributed by atoms with Crippen molar-refractivity contribution in [3.8, 4) is 11.8 Å². The van der Waals surface area contributed by atoms with Crippen LogP contribution in [0.15, 0.2) is 18.2 Å². The van der Waals surface area contributed by atoms with E-state index >= 15 is 0 Å². The van der Waals surface area contributed by atoms with Gasteiger partial charge in [0.2, 0.25) is 0 Å². The molecule has 1 unspecified atom stereocenters. The van der Waals surface area contributed by atoms with Crippen molar-refractivity contribution in [2.75, 3.05) is 25.7 Å². The molecule has 1 atom stereocenters. The summed E-state index contributed by atoms with van der Waals surface area (Å²) in [4.78, 5) is 2.24. The molecule has 2 nitrogen and oxygen atoms in total. The molecule has 0 saturated carbocycles. The van der Waals surface area contributed by atoms with E-state index in [1.165, 1.54) is 12.1 Å². The summed E-state index contributed by atoms with van der Waals surface area (Å²) in [6.07, 6.45) is 3.23. The van der Waals surface area contributed by atoms with E-state index in [4.69, 9.17) is 5.11 Å². The van der Waals surface area contributed by atoms with Crippen LogP contribution in [-0.2, 0) is 6.54 Å². The van der Waals surface area contributed by atoms with E-state index in [2.05, 4.69) is 37.0 Å². The number of benzene rings is 1. The highest BCUT2D eigenvalue weighted by molar-refractivity contribution is 7.98. The van der Waals surface area contributed by atoms with E-state index in [0.717, 1.165) is 24.3 Å². The molecule has 0 saturated heterocycles. The number of hydrogen-bond acceptors (Lipinski definition) is 3. The maximum Gasteiger partial charge on any atom is 0.124 e. The summed E-state index contributed by atoms with van der Waals surface area (Å²) < 4.78 is 13.3. The summed E-state index contributed by atoms with van der Waals surface area (Å²) in [6, 6.07) is 5.12. The maximum atomic E-state index is 13.3. The van der Waals surface area contributed by atoms with Gasteiger partial charge in [0.05, 0.1) is 0 Å². The zero-order valence-corrected chi connectivity index (χ0v) is 13.1. The SMILES string of the molecule is CSCCC(C)N(C)Cc1ccc(F)cc1C#CCO. The predicted octanol–water partition coefficient (Wildman–Crippen LogP) is 2.74. The van der Waals surface area contributed by atoms with Crippen molar-refractivity contribution >= 4 is 11.8 Å². The van der Waals surface area contributed by atoms with E-state index < -0.39 is 0 Å². The average molecular weight is 295 g/mol. The van der Waals surface area contributed by atoms with Crippen LogP contribution >= 0.6 is 11.8 Å². The molecule has 20 heavy (non-hydrogen) atoms. The highest BCUT2D eigenvalue weighted by Gasteiger charge is 2.11. The van der Waals surface area contributed by atoms with Gasteiger partial charge in [-0.15, -0.1) is 0 Å². The second-order valence-corrected chi connectivity index (χ2v) is 5.79. The van der Waals surface area contributed by atoms with Crippen LogP contribution in [0.4, 0.5) is 4.39 Å². The first-order valence-corrected chi connectivity index (χ1v) is 8.05. The molecule has 110 valence electrons. The van der Waals surface area contributed by atoms with Gasteiger partial charge in [0, 0.05) is 18.2 Å². The molecule has 0 aliphatic heterocycles. The zero-order chi connectivity index (χ0) is 15.0. The number of aliphatic hydroxyl groups is 1. The Morgan fingerprint density at radius 2 is 2.20 bits per heavy atom. The average Bonchev–Trinajstić information content (AvgIpc) is 2.44. The minimum Gasteiger partial charge on any atom is -0.384 e. The molecule has 0 heterocycles. The highest BCUT2D eigenvalue weighted by Crippen LogP contribution is 2.15. The van der Waals surface area contributed by atoms with Gasteiger partial charge in [-0.2, -0.15) is 11.8 Å². The van der Waals surface area contributed by atoms with E-state index in [9.17, 15) is 4.39 Å². The molecule has 0 radical (unpaired) electrons. The fourth-order valence-corrected chi connectivity index (χ4v) is 2.45. The first kappa shape index (κ1) is 17.0. The fourth-order valence-electron chi connectivity index (χ4n) is 1.87. The Labute approximate surface area is 125 Å². The third-order valence-electron chi connectivity index (χ3n) is 3.29. The van der Waals surface area contributed by atoms with Crippen LogP contribution in [0, 0.1) is 17.7 Å². The van der Waals surface area contributed by atoms with Crippen molar-refractivity contribution in [1.29, 1.82) is 0 Å². The Bertz CT molecular complexity index is 481. The Morgan fingerprint density at radius 3 is 2.85 bits per heavy atom. The van der Waals surface area contributed by atoms with Crippen LogP contribution in [-0.4, -0.2) is 41.7 Å². The number of aliphatic hydroxyl groups excluding tert-OH is 1. The van der Waals surface area contributed by atoms with Crippen LogP contribution in [0.2, 0.25) is 0 Å². The van der Waals surface area contributed by atoms with Crippen LogP contribution in [0.3, 0.4) is 0 Å². The summed E-state index contributed by atoms with van der Waals surface area (Å²) in [5, 5.41) is 8.77. The molecule has 0 aliphatic carbocycles. The van der Waals surface area contributed by atoms with Gasteiger partial charge >= 0.3 is 0 Å². The molecule has 4 heteroatoms. The molecule has 1 aromatic carbocycles. The zero-order valence-electron chi connectivity index (χ0n) is 12.3. The standard InChI is InChI=1S/C16H22FNOS/c1-13(8-10-20-3)18(2)12-15-6-7-16(17)11-14(15)5-4-9-19/h6-7,11,13,19H,8-10,12H2,1-3H3. The lowest BCUT2D eigenvalue weighted by atomic mass is 10.1. The van der Waals surface area contributed by atoms with Gasteiger partial charge in [-0.3, -0.25) is 4.90 Å². The second-order valence-electron chi connectivity index (χ2n) is 4.81. The smallest absolute Gasteiger partial charge is 0.124 e. The topological polar surface area (TPSA) is 23.5 Å². The van der Waals surface area contributed by atoms with Gasteiger partial charge in [-0.05, 0) is 50.1 Å². The predicted molar refractivity (Wildman–Crippen MR) is 84.3 cm³/mol. The van der Waals surface area contributed by atoms with Crippen molar-refractivity contribution in [3.63, 3.8) is 0 Å². The molecular weight excluding hydrogens is 273 g/mol. The Kier molecular flexibility index (Phi) is 7.68. The number of halogens is 1. The lowest BCUT2D eigenvalue weighted by Gasteiger charge is -2.25. The number of hydrogen-bond donors (Lipinski definition) is 1. The molecule has 0 fully saturated rings. The minimum atomic E-state index is -0.297. The van der Waals surface area contributed by atoms with Gasteiger partial charge < -0.3 is 5.11 Å². The van der Waals surface area contributed by atoms with Gasteiger partial charge in [0.25, 0.3) is 0 Å². The Balaban J connectivity index is 2.80. The Hall–Kier alpha value is -1.02. The molecule has 0 bridgehead atoms. The summed E-state index contributed by atoms with van der Waals surface area (Å²) in [5.41, 5.74) is 1.65. The molecule has 0 amide bonds.